The molecule has 1 saturated heterocycles. The van der Waals surface area contributed by atoms with E-state index in [1.807, 2.05) is 37.3 Å². The molecular formula is C21H26BrN3O2. The summed E-state index contributed by atoms with van der Waals surface area (Å²) in [5.41, 5.74) is 3.27. The first-order chi connectivity index (χ1) is 13.0. The van der Waals surface area contributed by atoms with Crippen molar-refractivity contribution in [3.8, 4) is 5.75 Å². The van der Waals surface area contributed by atoms with Crippen LogP contribution in [0.5, 0.6) is 5.75 Å². The Balaban J connectivity index is 1.44. The van der Waals surface area contributed by atoms with Crippen molar-refractivity contribution >= 4 is 27.5 Å². The molecule has 1 N–H and O–H groups in total. The molecule has 3 rings (SSSR count). The van der Waals surface area contributed by atoms with Crippen LogP contribution in [0.1, 0.15) is 11.1 Å². The maximum absolute atomic E-state index is 12.4. The largest absolute Gasteiger partial charge is 0.497 e. The maximum atomic E-state index is 12.4. The lowest BCUT2D eigenvalue weighted by atomic mass is 10.2. The Bertz CT molecular complexity index is 771. The molecule has 1 fully saturated rings. The van der Waals surface area contributed by atoms with Crippen molar-refractivity contribution in [3.63, 3.8) is 0 Å². The van der Waals surface area contributed by atoms with Crippen molar-refractivity contribution in [1.29, 1.82) is 0 Å². The average molecular weight is 432 g/mol. The van der Waals surface area contributed by atoms with Gasteiger partial charge in [-0.15, -0.1) is 0 Å². The Kier molecular flexibility index (Phi) is 6.88. The number of nitrogens with one attached hydrogen (secondary N) is 1. The van der Waals surface area contributed by atoms with E-state index in [0.717, 1.165) is 54.2 Å². The molecule has 1 aliphatic rings. The van der Waals surface area contributed by atoms with Crippen LogP contribution in [0.4, 0.5) is 5.69 Å². The van der Waals surface area contributed by atoms with Crippen LogP contribution in [0.15, 0.2) is 46.9 Å². The van der Waals surface area contributed by atoms with E-state index in [0.29, 0.717) is 6.54 Å². The van der Waals surface area contributed by atoms with Gasteiger partial charge in [-0.2, -0.15) is 0 Å². The van der Waals surface area contributed by atoms with Crippen molar-refractivity contribution in [3.05, 3.63) is 58.1 Å². The van der Waals surface area contributed by atoms with Gasteiger partial charge in [-0.05, 0) is 58.2 Å². The number of piperazine rings is 1. The highest BCUT2D eigenvalue weighted by Crippen LogP contribution is 2.23. The van der Waals surface area contributed by atoms with Gasteiger partial charge in [0, 0.05) is 37.2 Å². The lowest BCUT2D eigenvalue weighted by molar-refractivity contribution is -0.117. The highest BCUT2D eigenvalue weighted by molar-refractivity contribution is 9.10. The zero-order chi connectivity index (χ0) is 19.2. The molecule has 1 heterocycles. The number of hydrogen-bond acceptors (Lipinski definition) is 4. The summed E-state index contributed by atoms with van der Waals surface area (Å²) in [7, 11) is 1.68. The van der Waals surface area contributed by atoms with Crippen LogP contribution in [0.25, 0.3) is 0 Å². The molecule has 0 aromatic heterocycles. The molecule has 27 heavy (non-hydrogen) atoms. The first-order valence-electron chi connectivity index (χ1n) is 9.17. The summed E-state index contributed by atoms with van der Waals surface area (Å²) in [5, 5.41) is 2.99. The molecular weight excluding hydrogens is 406 g/mol. The van der Waals surface area contributed by atoms with Crippen molar-refractivity contribution in [2.75, 3.05) is 45.2 Å². The van der Waals surface area contributed by atoms with E-state index in [4.69, 9.17) is 4.74 Å². The van der Waals surface area contributed by atoms with Crippen LogP contribution in [0.2, 0.25) is 0 Å². The summed E-state index contributed by atoms with van der Waals surface area (Å²) in [6.45, 7) is 7.12. The van der Waals surface area contributed by atoms with E-state index >= 15 is 0 Å². The predicted molar refractivity (Wildman–Crippen MR) is 112 cm³/mol. The number of hydrogen-bond donors (Lipinski definition) is 1. The van der Waals surface area contributed by atoms with Gasteiger partial charge in [-0.3, -0.25) is 14.6 Å². The van der Waals surface area contributed by atoms with E-state index in [1.54, 1.807) is 7.11 Å². The molecule has 6 heteroatoms. The van der Waals surface area contributed by atoms with Crippen LogP contribution in [-0.2, 0) is 11.3 Å². The second-order valence-corrected chi connectivity index (χ2v) is 7.79. The minimum absolute atomic E-state index is 0.0307. The minimum Gasteiger partial charge on any atom is -0.497 e. The molecule has 2 aromatic carbocycles. The van der Waals surface area contributed by atoms with E-state index in [-0.39, 0.29) is 5.91 Å². The highest BCUT2D eigenvalue weighted by atomic mass is 79.9. The first kappa shape index (κ1) is 19.9. The topological polar surface area (TPSA) is 44.8 Å². The zero-order valence-electron chi connectivity index (χ0n) is 15.9. The summed E-state index contributed by atoms with van der Waals surface area (Å²) in [6.07, 6.45) is 0. The first-order valence-corrected chi connectivity index (χ1v) is 9.96. The number of rotatable bonds is 6. The lowest BCUT2D eigenvalue weighted by Crippen LogP contribution is -2.48. The van der Waals surface area contributed by atoms with Gasteiger partial charge in [0.2, 0.25) is 5.91 Å². The van der Waals surface area contributed by atoms with E-state index in [9.17, 15) is 4.79 Å². The summed E-state index contributed by atoms with van der Waals surface area (Å²) >= 11 is 3.51. The molecule has 2 aromatic rings. The molecule has 1 amide bonds. The summed E-state index contributed by atoms with van der Waals surface area (Å²) in [4.78, 5) is 17.0. The summed E-state index contributed by atoms with van der Waals surface area (Å²) in [6, 6.07) is 14.2. The molecule has 5 nitrogen and oxygen atoms in total. The molecule has 0 spiro atoms. The third-order valence-corrected chi connectivity index (χ3v) is 5.45. The Morgan fingerprint density at radius 2 is 1.74 bits per heavy atom. The molecule has 1 aliphatic heterocycles. The molecule has 0 unspecified atom stereocenters. The Labute approximate surface area is 169 Å². The quantitative estimate of drug-likeness (QED) is 0.759. The molecule has 0 atom stereocenters. The monoisotopic (exact) mass is 431 g/mol. The van der Waals surface area contributed by atoms with Crippen molar-refractivity contribution in [2.24, 2.45) is 0 Å². The molecule has 0 bridgehead atoms. The number of carbonyl (C=O) groups excluding carboxylic acids is 1. The van der Waals surface area contributed by atoms with E-state index in [2.05, 4.69) is 43.2 Å². The summed E-state index contributed by atoms with van der Waals surface area (Å²) < 4.78 is 6.12. The number of nitrogens with zero attached hydrogens (tertiary/aromatic N) is 2. The van der Waals surface area contributed by atoms with Crippen molar-refractivity contribution in [2.45, 2.75) is 13.5 Å². The lowest BCUT2D eigenvalue weighted by Gasteiger charge is -2.34. The van der Waals surface area contributed by atoms with Crippen LogP contribution in [-0.4, -0.2) is 55.5 Å². The molecule has 144 valence electrons. The fourth-order valence-electron chi connectivity index (χ4n) is 3.21. The third kappa shape index (κ3) is 5.79. The number of anilines is 1. The van der Waals surface area contributed by atoms with E-state index < -0.39 is 0 Å². The standard InChI is InChI=1S/C21H26BrN3O2/c1-16-3-8-20(19(22)13-16)23-21(26)15-25-11-9-24(10-12-25)14-17-4-6-18(27-2)7-5-17/h3-8,13H,9-12,14-15H2,1-2H3,(H,23,26). The number of benzene rings is 2. The van der Waals surface area contributed by atoms with Crippen LogP contribution in [0, 0.1) is 6.92 Å². The molecule has 0 radical (unpaired) electrons. The zero-order valence-corrected chi connectivity index (χ0v) is 17.5. The highest BCUT2D eigenvalue weighted by Gasteiger charge is 2.19. The molecule has 0 aliphatic carbocycles. The van der Waals surface area contributed by atoms with Gasteiger partial charge in [0.15, 0.2) is 0 Å². The number of methoxy groups -OCH3 is 1. The second kappa shape index (κ2) is 9.35. The fourth-order valence-corrected chi connectivity index (χ4v) is 3.80. The maximum Gasteiger partial charge on any atom is 0.238 e. The number of amides is 1. The number of halogens is 1. The number of carbonyl (C=O) groups is 1. The van der Waals surface area contributed by atoms with Gasteiger partial charge in [0.05, 0.1) is 19.3 Å². The average Bonchev–Trinajstić information content (AvgIpc) is 2.66. The van der Waals surface area contributed by atoms with E-state index in [1.165, 1.54) is 5.56 Å². The van der Waals surface area contributed by atoms with Gasteiger partial charge in [0.1, 0.15) is 5.75 Å². The predicted octanol–water partition coefficient (Wildman–Crippen LogP) is 3.52. The third-order valence-electron chi connectivity index (χ3n) is 4.80. The van der Waals surface area contributed by atoms with Crippen molar-refractivity contribution in [1.82, 2.24) is 9.80 Å². The fraction of sp³-hybridized carbons (Fsp3) is 0.381. The number of aryl methyl sites for hydroxylation is 1. The minimum atomic E-state index is 0.0307. The van der Waals surface area contributed by atoms with Gasteiger partial charge in [0.25, 0.3) is 0 Å². The second-order valence-electron chi connectivity index (χ2n) is 6.93. The Morgan fingerprint density at radius 1 is 1.07 bits per heavy atom. The van der Waals surface area contributed by atoms with Gasteiger partial charge >= 0.3 is 0 Å². The Morgan fingerprint density at radius 3 is 2.37 bits per heavy atom. The van der Waals surface area contributed by atoms with Gasteiger partial charge in [-0.1, -0.05) is 18.2 Å². The van der Waals surface area contributed by atoms with Gasteiger partial charge in [-0.25, -0.2) is 0 Å². The number of ether oxygens (including phenoxy) is 1. The molecule has 0 saturated carbocycles. The van der Waals surface area contributed by atoms with Crippen LogP contribution in [0.3, 0.4) is 0 Å². The normalized spacial score (nSPS) is 15.5. The van der Waals surface area contributed by atoms with Gasteiger partial charge < -0.3 is 10.1 Å². The van der Waals surface area contributed by atoms with Crippen molar-refractivity contribution < 1.29 is 9.53 Å². The summed E-state index contributed by atoms with van der Waals surface area (Å²) in [5.74, 6) is 0.915. The van der Waals surface area contributed by atoms with Crippen LogP contribution >= 0.6 is 15.9 Å². The van der Waals surface area contributed by atoms with Crippen LogP contribution < -0.4 is 10.1 Å². The smallest absolute Gasteiger partial charge is 0.238 e. The SMILES string of the molecule is COc1ccc(CN2CCN(CC(=O)Nc3ccc(C)cc3Br)CC2)cc1. The Hall–Kier alpha value is -1.89.